The Kier molecular flexibility index (Phi) is 6.90. The van der Waals surface area contributed by atoms with Crippen LogP contribution in [0.3, 0.4) is 0 Å². The monoisotopic (exact) mass is 570 g/mol. The van der Waals surface area contributed by atoms with Gasteiger partial charge in [-0.15, -0.1) is 0 Å². The van der Waals surface area contributed by atoms with Crippen LogP contribution in [0.2, 0.25) is 0 Å². The lowest BCUT2D eigenvalue weighted by molar-refractivity contribution is -0.117. The molecule has 0 saturated heterocycles. The normalized spacial score (nSPS) is 13.9. The summed E-state index contributed by atoms with van der Waals surface area (Å²) in [5.41, 5.74) is 4.74. The lowest BCUT2D eigenvalue weighted by Crippen LogP contribution is -2.30. The molecule has 4 amide bonds. The second-order valence-electron chi connectivity index (χ2n) is 10.8. The van der Waals surface area contributed by atoms with Crippen molar-refractivity contribution in [3.63, 3.8) is 0 Å². The molecule has 0 atom stereocenters. The predicted molar refractivity (Wildman–Crippen MR) is 160 cm³/mol. The van der Waals surface area contributed by atoms with Crippen molar-refractivity contribution < 1.29 is 28.8 Å². The maximum Gasteiger partial charge on any atom is 0.266 e. The zero-order valence-electron chi connectivity index (χ0n) is 23.5. The number of fused-ring (bicyclic) bond motifs is 2. The Labute approximate surface area is 247 Å². The average Bonchev–Trinajstić information content (AvgIpc) is 3.37. The van der Waals surface area contributed by atoms with Gasteiger partial charge in [-0.25, -0.2) is 9.80 Å². The van der Waals surface area contributed by atoms with Crippen LogP contribution >= 0.6 is 0 Å². The number of nitrogens with zero attached hydrogens (tertiary/aromatic N) is 2. The third kappa shape index (κ3) is 4.86. The van der Waals surface area contributed by atoms with Gasteiger partial charge in [-0.2, -0.15) is 0 Å². The van der Waals surface area contributed by atoms with Crippen LogP contribution in [0.4, 0.5) is 11.4 Å². The molecular weight excluding hydrogens is 544 g/mol. The quantitative estimate of drug-likeness (QED) is 0.272. The molecule has 0 unspecified atom stereocenters. The van der Waals surface area contributed by atoms with Gasteiger partial charge in [0.15, 0.2) is 0 Å². The summed E-state index contributed by atoms with van der Waals surface area (Å²) >= 11 is 0. The van der Waals surface area contributed by atoms with Crippen LogP contribution in [-0.2, 0) is 28.9 Å². The Morgan fingerprint density at radius 2 is 0.837 bits per heavy atom. The molecule has 8 nitrogen and oxygen atoms in total. The van der Waals surface area contributed by atoms with Crippen LogP contribution in [0.25, 0.3) is 0 Å². The van der Waals surface area contributed by atoms with Gasteiger partial charge < -0.3 is 0 Å². The average molecular weight is 571 g/mol. The molecule has 2 heterocycles. The minimum Gasteiger partial charge on any atom is -0.300 e. The number of benzene rings is 4. The molecule has 4 aromatic rings. The van der Waals surface area contributed by atoms with Crippen molar-refractivity contribution in [1.82, 2.24) is 0 Å². The number of imide groups is 2. The number of hydrogen-bond acceptors (Lipinski definition) is 6. The summed E-state index contributed by atoms with van der Waals surface area (Å²) in [4.78, 5) is 79.2. The molecule has 0 aliphatic carbocycles. The summed E-state index contributed by atoms with van der Waals surface area (Å²) in [5, 5.41) is 0. The molecule has 43 heavy (non-hydrogen) atoms. The van der Waals surface area contributed by atoms with E-state index in [0.717, 1.165) is 20.9 Å². The first-order chi connectivity index (χ1) is 20.6. The molecule has 6 rings (SSSR count). The van der Waals surface area contributed by atoms with E-state index in [0.29, 0.717) is 51.2 Å². The van der Waals surface area contributed by atoms with E-state index in [9.17, 15) is 28.8 Å². The van der Waals surface area contributed by atoms with Gasteiger partial charge in [-0.05, 0) is 78.9 Å². The van der Waals surface area contributed by atoms with E-state index >= 15 is 0 Å². The van der Waals surface area contributed by atoms with E-state index in [1.165, 1.54) is 13.8 Å². The van der Waals surface area contributed by atoms with Gasteiger partial charge in [0.1, 0.15) is 11.6 Å². The number of rotatable bonds is 8. The predicted octanol–water partition coefficient (Wildman–Crippen LogP) is 5.14. The lowest BCUT2D eigenvalue weighted by atomic mass is 9.96. The number of anilines is 2. The largest absolute Gasteiger partial charge is 0.300 e. The van der Waals surface area contributed by atoms with E-state index in [4.69, 9.17) is 0 Å². The Hall–Kier alpha value is -5.50. The molecule has 0 N–H and O–H groups in total. The van der Waals surface area contributed by atoms with Crippen LogP contribution in [0.15, 0.2) is 84.9 Å². The standard InChI is InChI=1S/C35H26N2O6/c1-20(38)15-24-18-22(11-13-30(24)36-32(40)26-7-3-4-8-27(26)33(36)41)17-23-12-14-31(25(19-23)16-21(2)39)37-34(42)28-9-5-6-10-29(28)35(37)43/h3-14,18-19H,15-17H2,1-2H3. The van der Waals surface area contributed by atoms with Crippen molar-refractivity contribution in [2.75, 3.05) is 9.80 Å². The smallest absolute Gasteiger partial charge is 0.266 e. The second kappa shape index (κ2) is 10.7. The van der Waals surface area contributed by atoms with Crippen molar-refractivity contribution >= 4 is 46.6 Å². The van der Waals surface area contributed by atoms with E-state index in [-0.39, 0.29) is 24.4 Å². The highest BCUT2D eigenvalue weighted by molar-refractivity contribution is 6.35. The summed E-state index contributed by atoms with van der Waals surface area (Å²) in [5.74, 6) is -1.98. The topological polar surface area (TPSA) is 109 Å². The van der Waals surface area contributed by atoms with Gasteiger partial charge in [-0.1, -0.05) is 48.5 Å². The van der Waals surface area contributed by atoms with Gasteiger partial charge in [0.25, 0.3) is 23.6 Å². The van der Waals surface area contributed by atoms with Crippen molar-refractivity contribution in [3.8, 4) is 0 Å². The molecule has 0 radical (unpaired) electrons. The number of hydrogen-bond donors (Lipinski definition) is 0. The summed E-state index contributed by atoms with van der Waals surface area (Å²) in [7, 11) is 0. The number of ketones is 2. The Morgan fingerprint density at radius 3 is 1.14 bits per heavy atom. The van der Waals surface area contributed by atoms with Crippen molar-refractivity contribution in [1.29, 1.82) is 0 Å². The maximum absolute atomic E-state index is 13.1. The fourth-order valence-electron chi connectivity index (χ4n) is 5.81. The van der Waals surface area contributed by atoms with Crippen molar-refractivity contribution in [2.24, 2.45) is 0 Å². The van der Waals surface area contributed by atoms with E-state index in [1.807, 2.05) is 12.1 Å². The van der Waals surface area contributed by atoms with Crippen molar-refractivity contribution in [2.45, 2.75) is 33.1 Å². The van der Waals surface area contributed by atoms with E-state index < -0.39 is 23.6 Å². The minimum absolute atomic E-state index is 0.0326. The molecule has 212 valence electrons. The van der Waals surface area contributed by atoms with Crippen LogP contribution in [0.1, 0.15) is 77.5 Å². The highest BCUT2D eigenvalue weighted by Gasteiger charge is 2.38. The minimum atomic E-state index is -0.434. The number of amides is 4. The zero-order valence-corrected chi connectivity index (χ0v) is 23.5. The number of Topliss-reactive ketones (excluding diaryl/α,β-unsaturated/α-hetero) is 2. The molecule has 8 heteroatoms. The van der Waals surface area contributed by atoms with Gasteiger partial charge in [-0.3, -0.25) is 28.8 Å². The summed E-state index contributed by atoms with van der Waals surface area (Å²) < 4.78 is 0. The van der Waals surface area contributed by atoms with Gasteiger partial charge in [0.2, 0.25) is 0 Å². The maximum atomic E-state index is 13.1. The van der Waals surface area contributed by atoms with E-state index in [1.54, 1.807) is 72.8 Å². The molecule has 0 saturated carbocycles. The molecule has 2 aliphatic heterocycles. The third-order valence-corrected chi connectivity index (χ3v) is 7.64. The fraction of sp³-hybridized carbons (Fsp3) is 0.143. The van der Waals surface area contributed by atoms with Crippen LogP contribution in [0.5, 0.6) is 0 Å². The molecule has 0 spiro atoms. The molecule has 0 bridgehead atoms. The molecule has 2 aliphatic rings. The molecule has 4 aromatic carbocycles. The molecule has 0 fully saturated rings. The first kappa shape index (κ1) is 27.7. The summed E-state index contributed by atoms with van der Waals surface area (Å²) in [6, 6.07) is 23.8. The second-order valence-corrected chi connectivity index (χ2v) is 10.8. The Morgan fingerprint density at radius 1 is 0.512 bits per heavy atom. The number of carbonyl (C=O) groups excluding carboxylic acids is 6. The van der Waals surface area contributed by atoms with Crippen LogP contribution in [0, 0.1) is 0 Å². The van der Waals surface area contributed by atoms with E-state index in [2.05, 4.69) is 0 Å². The van der Waals surface area contributed by atoms with Crippen LogP contribution < -0.4 is 9.80 Å². The van der Waals surface area contributed by atoms with Gasteiger partial charge >= 0.3 is 0 Å². The summed E-state index contributed by atoms with van der Waals surface area (Å²) in [6.45, 7) is 2.90. The van der Waals surface area contributed by atoms with Gasteiger partial charge in [0.05, 0.1) is 33.6 Å². The molecular formula is C35H26N2O6. The Bertz CT molecular complexity index is 1700. The first-order valence-electron chi connectivity index (χ1n) is 13.8. The molecule has 0 aromatic heterocycles. The zero-order chi connectivity index (χ0) is 30.4. The van der Waals surface area contributed by atoms with Gasteiger partial charge in [0, 0.05) is 12.8 Å². The lowest BCUT2D eigenvalue weighted by Gasteiger charge is -2.20. The third-order valence-electron chi connectivity index (χ3n) is 7.64. The fourth-order valence-corrected chi connectivity index (χ4v) is 5.81. The van der Waals surface area contributed by atoms with Crippen molar-refractivity contribution in [3.05, 3.63) is 129 Å². The first-order valence-corrected chi connectivity index (χ1v) is 13.8. The highest BCUT2D eigenvalue weighted by atomic mass is 16.2. The Balaban J connectivity index is 1.34. The highest BCUT2D eigenvalue weighted by Crippen LogP contribution is 2.34. The van der Waals surface area contributed by atoms with Crippen LogP contribution in [-0.4, -0.2) is 35.2 Å². The SMILES string of the molecule is CC(=O)Cc1cc(Cc2ccc(N3C(=O)c4ccccc4C3=O)c(CC(C)=O)c2)ccc1N1C(=O)c2ccccc2C1=O. The summed E-state index contributed by atoms with van der Waals surface area (Å²) in [6.07, 6.45) is 0.469. The number of carbonyl (C=O) groups is 6.